The molecule has 47 heavy (non-hydrogen) atoms. The van der Waals surface area contributed by atoms with Crippen LogP contribution in [0, 0.1) is 48.3 Å². The highest BCUT2D eigenvalue weighted by Gasteiger charge is 2.43. The third kappa shape index (κ3) is 6.79. The Kier molecular flexibility index (Phi) is 8.92. The highest BCUT2D eigenvalue weighted by Crippen LogP contribution is 2.42. The van der Waals surface area contributed by atoms with Crippen molar-refractivity contribution < 1.29 is 17.9 Å². The van der Waals surface area contributed by atoms with Gasteiger partial charge in [0.2, 0.25) is 11.8 Å². The first-order valence-electron chi connectivity index (χ1n) is 16.5. The van der Waals surface area contributed by atoms with E-state index in [-0.39, 0.29) is 40.0 Å². The van der Waals surface area contributed by atoms with E-state index in [1.807, 2.05) is 54.8 Å². The molecule has 1 aromatic heterocycles. The first kappa shape index (κ1) is 32.8. The number of benzene rings is 2. The number of hydrogen-bond donors (Lipinski definition) is 1. The highest BCUT2D eigenvalue weighted by atomic mass is 32.2. The Labute approximate surface area is 278 Å². The number of carbonyl (C=O) groups excluding carboxylic acids is 1. The zero-order valence-electron chi connectivity index (χ0n) is 27.9. The zero-order valence-corrected chi connectivity index (χ0v) is 28.7. The van der Waals surface area contributed by atoms with Crippen LogP contribution in [0.2, 0.25) is 0 Å². The summed E-state index contributed by atoms with van der Waals surface area (Å²) in [6, 6.07) is 17.3. The summed E-state index contributed by atoms with van der Waals surface area (Å²) in [5, 5.41) is 9.51. The number of nitrogens with one attached hydrogen (secondary N) is 1. The summed E-state index contributed by atoms with van der Waals surface area (Å²) in [4.78, 5) is 26.5. The van der Waals surface area contributed by atoms with Crippen molar-refractivity contribution in [2.24, 2.45) is 23.2 Å². The van der Waals surface area contributed by atoms with Crippen LogP contribution in [0.5, 0.6) is 5.88 Å². The molecule has 0 spiro atoms. The molecule has 0 radical (unpaired) electrons. The van der Waals surface area contributed by atoms with Crippen LogP contribution in [0.25, 0.3) is 11.3 Å². The predicted molar refractivity (Wildman–Crippen MR) is 180 cm³/mol. The molecule has 2 fully saturated rings. The number of nitrogens with zero attached hydrogens (tertiary/aromatic N) is 5. The lowest BCUT2D eigenvalue weighted by Crippen LogP contribution is -2.58. The molecule has 6 rings (SSSR count). The number of nitriles is 1. The molecule has 1 N–H and O–H groups in total. The van der Waals surface area contributed by atoms with Gasteiger partial charge < -0.3 is 14.5 Å². The largest absolute Gasteiger partial charge is 0.477 e. The minimum atomic E-state index is -4.02. The van der Waals surface area contributed by atoms with Crippen LogP contribution >= 0.6 is 0 Å². The Morgan fingerprint density at radius 1 is 1.06 bits per heavy atom. The summed E-state index contributed by atoms with van der Waals surface area (Å²) in [6.45, 7) is 13.0. The van der Waals surface area contributed by atoms with Crippen molar-refractivity contribution in [2.75, 3.05) is 37.5 Å². The third-order valence-electron chi connectivity index (χ3n) is 10.0. The second-order valence-corrected chi connectivity index (χ2v) is 15.9. The number of aryl methyl sites for hydroxylation is 2. The number of ether oxygens (including phenoxy) is 1. The van der Waals surface area contributed by atoms with Crippen molar-refractivity contribution >= 4 is 22.0 Å². The smallest absolute Gasteiger partial charge is 0.320 e. The molecule has 2 aromatic carbocycles. The van der Waals surface area contributed by atoms with Gasteiger partial charge in [0, 0.05) is 49.6 Å². The molecule has 3 aromatic rings. The molecule has 4 heterocycles. The van der Waals surface area contributed by atoms with Crippen molar-refractivity contribution in [1.29, 1.82) is 5.26 Å². The van der Waals surface area contributed by atoms with Gasteiger partial charge in [0.05, 0.1) is 28.7 Å². The van der Waals surface area contributed by atoms with E-state index in [4.69, 9.17) is 4.74 Å². The van der Waals surface area contributed by atoms with Crippen LogP contribution in [0.1, 0.15) is 62.6 Å². The van der Waals surface area contributed by atoms with Crippen molar-refractivity contribution in [3.05, 3.63) is 65.2 Å². The van der Waals surface area contributed by atoms with Crippen molar-refractivity contribution in [1.82, 2.24) is 19.8 Å². The van der Waals surface area contributed by atoms with Gasteiger partial charge in [0.25, 0.3) is 10.0 Å². The third-order valence-corrected chi connectivity index (χ3v) is 11.4. The number of urea groups is 1. The van der Waals surface area contributed by atoms with Crippen LogP contribution in [0.4, 0.5) is 10.7 Å². The number of likely N-dealkylation sites (tertiary alicyclic amines) is 2. The quantitative estimate of drug-likeness (QED) is 0.345. The number of aromatic nitrogens is 2. The van der Waals surface area contributed by atoms with Gasteiger partial charge in [-0.2, -0.15) is 10.2 Å². The Balaban J connectivity index is 1.33. The maximum Gasteiger partial charge on any atom is 0.320 e. The monoisotopic (exact) mass is 656 g/mol. The number of sulfonamides is 1. The van der Waals surface area contributed by atoms with E-state index in [0.29, 0.717) is 63.1 Å². The van der Waals surface area contributed by atoms with Gasteiger partial charge in [0.1, 0.15) is 0 Å². The van der Waals surface area contributed by atoms with E-state index in [1.54, 1.807) is 24.3 Å². The number of anilines is 1. The summed E-state index contributed by atoms with van der Waals surface area (Å²) in [5.41, 5.74) is 4.08. The molecule has 2 amide bonds. The number of fused-ring (bicyclic) bond motifs is 4. The van der Waals surface area contributed by atoms with Gasteiger partial charge in [-0.1, -0.05) is 44.2 Å². The minimum Gasteiger partial charge on any atom is -0.477 e. The fourth-order valence-electron chi connectivity index (χ4n) is 7.40. The molecular formula is C36H44N6O4S. The normalized spacial score (nSPS) is 22.1. The Morgan fingerprint density at radius 2 is 1.74 bits per heavy atom. The van der Waals surface area contributed by atoms with Gasteiger partial charge in [0.15, 0.2) is 0 Å². The van der Waals surface area contributed by atoms with Crippen LogP contribution < -0.4 is 9.46 Å². The lowest BCUT2D eigenvalue weighted by molar-refractivity contribution is 0.0463. The number of carbonyl (C=O) groups is 1. The lowest BCUT2D eigenvalue weighted by atomic mass is 9.71. The molecule has 1 unspecified atom stereocenters. The number of rotatable bonds is 4. The fraction of sp³-hybridized carbons (Fsp3) is 0.500. The zero-order chi connectivity index (χ0) is 33.5. The van der Waals surface area contributed by atoms with E-state index in [9.17, 15) is 18.5 Å². The molecule has 4 bridgehead atoms. The first-order chi connectivity index (χ1) is 22.4. The molecular weight excluding hydrogens is 613 g/mol. The fourth-order valence-corrected chi connectivity index (χ4v) is 8.40. The van der Waals surface area contributed by atoms with E-state index in [0.717, 1.165) is 28.7 Å². The van der Waals surface area contributed by atoms with Gasteiger partial charge in [-0.25, -0.2) is 22.9 Å². The summed E-state index contributed by atoms with van der Waals surface area (Å²) in [7, 11) is -4.02. The van der Waals surface area contributed by atoms with E-state index in [1.165, 1.54) is 0 Å². The average Bonchev–Trinajstić information content (AvgIpc) is 3.00. The molecule has 10 nitrogen and oxygen atoms in total. The highest BCUT2D eigenvalue weighted by molar-refractivity contribution is 7.92. The van der Waals surface area contributed by atoms with Crippen molar-refractivity contribution in [3.8, 4) is 23.2 Å². The molecule has 11 heteroatoms. The van der Waals surface area contributed by atoms with Gasteiger partial charge in [-0.15, -0.1) is 0 Å². The van der Waals surface area contributed by atoms with Gasteiger partial charge >= 0.3 is 6.03 Å². The summed E-state index contributed by atoms with van der Waals surface area (Å²) in [5.74, 6) is 0.755. The molecule has 3 aliphatic heterocycles. The van der Waals surface area contributed by atoms with Crippen LogP contribution in [0.3, 0.4) is 0 Å². The van der Waals surface area contributed by atoms with E-state index in [2.05, 4.69) is 34.6 Å². The molecule has 248 valence electrons. The SMILES string of the molecule is Cc1cccc(C)c1-c1cc2nc(n1)NS(=O)(=O)c1cccc(c1)C(C1CN(C(=O)N3CCC(C)(C#N)CC3)C1)[C@H](CC(C)C)CO2. The summed E-state index contributed by atoms with van der Waals surface area (Å²) < 4.78 is 36.6. The molecule has 2 atom stereocenters. The van der Waals surface area contributed by atoms with Crippen molar-refractivity contribution in [2.45, 2.75) is 64.7 Å². The molecule has 2 saturated heterocycles. The maximum atomic E-state index is 13.8. The molecule has 0 saturated carbocycles. The second kappa shape index (κ2) is 12.8. The molecule has 3 aliphatic rings. The van der Waals surface area contributed by atoms with E-state index >= 15 is 0 Å². The number of amides is 2. The number of piperidine rings is 1. The van der Waals surface area contributed by atoms with Crippen LogP contribution in [-0.2, 0) is 10.0 Å². The van der Waals surface area contributed by atoms with Crippen molar-refractivity contribution in [3.63, 3.8) is 0 Å². The maximum absolute atomic E-state index is 13.8. The second-order valence-electron chi connectivity index (χ2n) is 14.2. The standard InChI is InChI=1S/C36H44N6O4S/c1-23(2)16-27-21-46-31-18-30(32-24(3)8-6-9-25(32)4)38-34(39-31)40-47(44,45)29-11-7-10-26(17-29)33(27)28-19-42(20-28)35(43)41-14-12-36(5,22-37)13-15-41/h6-11,17-18,23,27-28,33H,12-16,19-21H2,1-5H3,(H,38,39,40)/t27-,33?/m1/s1. The average molecular weight is 657 g/mol. The van der Waals surface area contributed by atoms with Gasteiger partial charge in [-0.05, 0) is 80.7 Å². The topological polar surface area (TPSA) is 129 Å². The van der Waals surface area contributed by atoms with E-state index < -0.39 is 10.0 Å². The Hall–Kier alpha value is -4.17. The Bertz CT molecular complexity index is 1790. The lowest BCUT2D eigenvalue weighted by Gasteiger charge is -2.48. The van der Waals surface area contributed by atoms with Gasteiger partial charge in [-0.3, -0.25) is 0 Å². The van der Waals surface area contributed by atoms with Crippen LogP contribution in [-0.4, -0.2) is 67.0 Å². The minimum absolute atomic E-state index is 0.0131. The molecule has 0 aliphatic carbocycles. The summed E-state index contributed by atoms with van der Waals surface area (Å²) in [6.07, 6.45) is 2.20. The number of hydrogen-bond acceptors (Lipinski definition) is 7. The first-order valence-corrected chi connectivity index (χ1v) is 18.0. The predicted octanol–water partition coefficient (Wildman–Crippen LogP) is 6.38. The van der Waals surface area contributed by atoms with Crippen LogP contribution in [0.15, 0.2) is 53.4 Å². The Morgan fingerprint density at radius 3 is 2.40 bits per heavy atom. The summed E-state index contributed by atoms with van der Waals surface area (Å²) >= 11 is 0.